The van der Waals surface area contributed by atoms with Crippen LogP contribution >= 0.6 is 0 Å². The van der Waals surface area contributed by atoms with Gasteiger partial charge in [0, 0.05) is 49.4 Å². The Labute approximate surface area is 495 Å². The van der Waals surface area contributed by atoms with Crippen molar-refractivity contribution in [3.8, 4) is 61.6 Å². The van der Waals surface area contributed by atoms with E-state index < -0.39 is 0 Å². The van der Waals surface area contributed by atoms with E-state index in [4.69, 9.17) is 0 Å². The first-order valence-corrected chi connectivity index (χ1v) is 30.4. The molecular formula is C82H63N3. The highest BCUT2D eigenvalue weighted by atomic mass is 15.0. The van der Waals surface area contributed by atoms with Crippen molar-refractivity contribution in [2.75, 3.05) is 0 Å². The van der Waals surface area contributed by atoms with Crippen molar-refractivity contribution in [3.63, 3.8) is 0 Å². The Morgan fingerprint density at radius 3 is 0.824 bits per heavy atom. The average Bonchev–Trinajstić information content (AvgIpc) is 2.28. The fourth-order valence-electron chi connectivity index (χ4n) is 14.0. The van der Waals surface area contributed by atoms with Crippen molar-refractivity contribution in [2.24, 2.45) is 0 Å². The summed E-state index contributed by atoms with van der Waals surface area (Å²) in [5.41, 5.74) is 23.2. The summed E-state index contributed by atoms with van der Waals surface area (Å²) in [7, 11) is 0. The van der Waals surface area contributed by atoms with Gasteiger partial charge in [0.2, 0.25) is 0 Å². The SMILES string of the molecule is CCC(C)c1ccc2c(c1)c1cc(-c3ccc4c(c3)c3cc(-c5ccc6c(c5)c5cc(C(C)CC)ccc5n6-c5ccccc5)ccc3n4-c3ccc(-c4c5ccccc5c(-c5ccccc5)c5ccccc45)cc3)ccc1n2-c1ccccc1. The second-order valence-electron chi connectivity index (χ2n) is 23.5. The first-order chi connectivity index (χ1) is 41.9. The van der Waals surface area contributed by atoms with Gasteiger partial charge in [0.05, 0.1) is 33.1 Å². The largest absolute Gasteiger partial charge is 0.309 e. The third-order valence-electron chi connectivity index (χ3n) is 18.8. The van der Waals surface area contributed by atoms with E-state index in [0.717, 1.165) is 18.5 Å². The van der Waals surface area contributed by atoms with Crippen molar-refractivity contribution >= 4 is 87.0 Å². The van der Waals surface area contributed by atoms with E-state index in [0.29, 0.717) is 11.8 Å². The lowest BCUT2D eigenvalue weighted by Crippen LogP contribution is -1.95. The van der Waals surface area contributed by atoms with Crippen molar-refractivity contribution in [2.45, 2.75) is 52.4 Å². The quantitative estimate of drug-likeness (QED) is 0.115. The Hall–Kier alpha value is -10.2. The number of aromatic nitrogens is 3. The topological polar surface area (TPSA) is 14.8 Å². The van der Waals surface area contributed by atoms with E-state index in [1.165, 1.54) is 154 Å². The Kier molecular flexibility index (Phi) is 12.1. The summed E-state index contributed by atoms with van der Waals surface area (Å²) in [4.78, 5) is 0. The summed E-state index contributed by atoms with van der Waals surface area (Å²) >= 11 is 0. The van der Waals surface area contributed by atoms with Crippen molar-refractivity contribution in [1.82, 2.24) is 13.7 Å². The fraction of sp³-hybridized carbons (Fsp3) is 0.0976. The van der Waals surface area contributed by atoms with E-state index in [9.17, 15) is 0 Å². The van der Waals surface area contributed by atoms with E-state index in [2.05, 4.69) is 314 Å². The standard InChI is InChI=1S/C82H63N3/c1-5-52(3)56-32-40-75-69(46-56)71-48-58(34-42-77(71)83(75)62-22-12-8-13-23-62)60-36-44-79-73(50-60)74-51-61(59-35-43-78-72(49-59)70-47-57(53(4)6-2)33-41-76(70)84(78)63-24-14-9-15-25-63)37-45-80(74)85(79)64-38-30-55(31-39-64)82-67-28-18-16-26-65(67)81(54-20-10-7-11-21-54)66-27-17-19-29-68(66)82/h7-53H,5-6H2,1-4H3. The highest BCUT2D eigenvalue weighted by Crippen LogP contribution is 2.46. The van der Waals surface area contributed by atoms with Crippen LogP contribution in [0.1, 0.15) is 63.5 Å². The summed E-state index contributed by atoms with van der Waals surface area (Å²) in [5.74, 6) is 0.933. The van der Waals surface area contributed by atoms with Crippen LogP contribution in [0, 0.1) is 0 Å². The molecule has 16 aromatic rings. The van der Waals surface area contributed by atoms with Crippen LogP contribution in [0.5, 0.6) is 0 Å². The van der Waals surface area contributed by atoms with Crippen LogP contribution in [0.15, 0.2) is 273 Å². The van der Waals surface area contributed by atoms with Gasteiger partial charge in [-0.05, 0) is 211 Å². The van der Waals surface area contributed by atoms with Crippen molar-refractivity contribution in [1.29, 1.82) is 0 Å². The van der Waals surface area contributed by atoms with Crippen molar-refractivity contribution < 1.29 is 0 Å². The van der Waals surface area contributed by atoms with Gasteiger partial charge in [-0.15, -0.1) is 0 Å². The molecular weight excluding hydrogens is 1030 g/mol. The third-order valence-corrected chi connectivity index (χ3v) is 18.8. The third kappa shape index (κ3) is 8.16. The maximum absolute atomic E-state index is 2.48. The average molecular weight is 1090 g/mol. The van der Waals surface area contributed by atoms with Gasteiger partial charge < -0.3 is 13.7 Å². The Morgan fingerprint density at radius 2 is 0.494 bits per heavy atom. The van der Waals surface area contributed by atoms with Crippen LogP contribution in [-0.4, -0.2) is 13.7 Å². The van der Waals surface area contributed by atoms with Gasteiger partial charge in [-0.1, -0.05) is 191 Å². The molecule has 0 saturated carbocycles. The zero-order chi connectivity index (χ0) is 56.9. The number of benzene rings is 13. The highest BCUT2D eigenvalue weighted by Gasteiger charge is 2.22. The first kappa shape index (κ1) is 50.5. The number of nitrogens with zero attached hydrogens (tertiary/aromatic N) is 3. The minimum Gasteiger partial charge on any atom is -0.309 e. The van der Waals surface area contributed by atoms with Gasteiger partial charge in [-0.3, -0.25) is 0 Å². The molecule has 3 aromatic heterocycles. The minimum atomic E-state index is 0.467. The second kappa shape index (κ2) is 20.3. The molecule has 0 fully saturated rings. The van der Waals surface area contributed by atoms with Gasteiger partial charge in [0.25, 0.3) is 0 Å². The van der Waals surface area contributed by atoms with E-state index in [-0.39, 0.29) is 0 Å². The van der Waals surface area contributed by atoms with Gasteiger partial charge in [0.15, 0.2) is 0 Å². The summed E-state index contributed by atoms with van der Waals surface area (Å²) in [6.07, 6.45) is 2.19. The molecule has 0 spiro atoms. The molecule has 13 aromatic carbocycles. The fourth-order valence-corrected chi connectivity index (χ4v) is 14.0. The Morgan fingerprint density at radius 1 is 0.235 bits per heavy atom. The summed E-state index contributed by atoms with van der Waals surface area (Å²) in [6.45, 7) is 9.26. The lowest BCUT2D eigenvalue weighted by atomic mass is 9.86. The molecule has 0 aliphatic carbocycles. The summed E-state index contributed by atoms with van der Waals surface area (Å²) in [6, 6.07) is 102. The zero-order valence-electron chi connectivity index (χ0n) is 48.4. The molecule has 0 aliphatic rings. The van der Waals surface area contributed by atoms with Crippen LogP contribution in [0.3, 0.4) is 0 Å². The number of hydrogen-bond acceptors (Lipinski definition) is 0. The Balaban J connectivity index is 0.890. The number of fused-ring (bicyclic) bond motifs is 11. The predicted octanol–water partition coefficient (Wildman–Crippen LogP) is 23.0. The van der Waals surface area contributed by atoms with Gasteiger partial charge >= 0.3 is 0 Å². The van der Waals surface area contributed by atoms with Crippen LogP contribution < -0.4 is 0 Å². The smallest absolute Gasteiger partial charge is 0.0541 e. The molecule has 16 rings (SSSR count). The van der Waals surface area contributed by atoms with Crippen molar-refractivity contribution in [3.05, 3.63) is 284 Å². The first-order valence-electron chi connectivity index (χ1n) is 30.4. The van der Waals surface area contributed by atoms with Gasteiger partial charge in [0.1, 0.15) is 0 Å². The van der Waals surface area contributed by atoms with Gasteiger partial charge in [-0.2, -0.15) is 0 Å². The molecule has 0 bridgehead atoms. The molecule has 2 atom stereocenters. The Bertz CT molecular complexity index is 4990. The normalized spacial score (nSPS) is 12.7. The molecule has 85 heavy (non-hydrogen) atoms. The van der Waals surface area contributed by atoms with E-state index >= 15 is 0 Å². The second-order valence-corrected chi connectivity index (χ2v) is 23.5. The molecule has 3 nitrogen and oxygen atoms in total. The maximum atomic E-state index is 2.48. The lowest BCUT2D eigenvalue weighted by molar-refractivity contribution is 0.735. The number of rotatable bonds is 11. The number of hydrogen-bond donors (Lipinski definition) is 0. The molecule has 3 heteroatoms. The van der Waals surface area contributed by atoms with Crippen LogP contribution in [0.4, 0.5) is 0 Å². The van der Waals surface area contributed by atoms with Crippen LogP contribution in [0.25, 0.3) is 149 Å². The van der Waals surface area contributed by atoms with Crippen LogP contribution in [0.2, 0.25) is 0 Å². The van der Waals surface area contributed by atoms with Crippen LogP contribution in [-0.2, 0) is 0 Å². The van der Waals surface area contributed by atoms with E-state index in [1.807, 2.05) is 0 Å². The molecule has 0 N–H and O–H groups in total. The van der Waals surface area contributed by atoms with Gasteiger partial charge in [-0.25, -0.2) is 0 Å². The maximum Gasteiger partial charge on any atom is 0.0541 e. The summed E-state index contributed by atoms with van der Waals surface area (Å²) in [5, 5.41) is 12.6. The highest BCUT2D eigenvalue weighted by molar-refractivity contribution is 6.22. The molecule has 3 heterocycles. The molecule has 406 valence electrons. The van der Waals surface area contributed by atoms with E-state index in [1.54, 1.807) is 0 Å². The monoisotopic (exact) mass is 1090 g/mol. The molecule has 0 amide bonds. The molecule has 0 aliphatic heterocycles. The predicted molar refractivity (Wildman–Crippen MR) is 364 cm³/mol. The molecule has 0 radical (unpaired) electrons. The summed E-state index contributed by atoms with van der Waals surface area (Å²) < 4.78 is 7.35. The lowest BCUT2D eigenvalue weighted by Gasteiger charge is -2.18. The minimum absolute atomic E-state index is 0.467. The molecule has 2 unspecified atom stereocenters. The zero-order valence-corrected chi connectivity index (χ0v) is 48.4. The molecule has 0 saturated heterocycles. The number of para-hydroxylation sites is 2.